The van der Waals surface area contributed by atoms with Crippen molar-refractivity contribution in [1.29, 1.82) is 0 Å². The Hall–Kier alpha value is -10.0. The highest BCUT2D eigenvalue weighted by atomic mass is 14.9. The van der Waals surface area contributed by atoms with Gasteiger partial charge in [-0.2, -0.15) is 0 Å². The van der Waals surface area contributed by atoms with Gasteiger partial charge >= 0.3 is 0 Å². The monoisotopic (exact) mass is 1600 g/mol. The number of fused-ring (bicyclic) bond motifs is 4. The molecule has 0 unspecified atom stereocenters. The van der Waals surface area contributed by atoms with Gasteiger partial charge in [0.15, 0.2) is 0 Å². The molecule has 0 N–H and O–H groups in total. The zero-order chi connectivity index (χ0) is 91.1. The van der Waals surface area contributed by atoms with Crippen molar-refractivity contribution in [2.45, 2.75) is 339 Å². The molecule has 0 saturated heterocycles. The molecule has 119 heavy (non-hydrogen) atoms. The van der Waals surface area contributed by atoms with E-state index in [1.807, 2.05) is 111 Å². The molecule has 0 atom stereocenters. The minimum atomic E-state index is 0.862. The fourth-order valence-electron chi connectivity index (χ4n) is 15.3. The molecule has 0 bridgehead atoms. The third kappa shape index (κ3) is 22.2. The van der Waals surface area contributed by atoms with E-state index in [4.69, 9.17) is 19.9 Å². The van der Waals surface area contributed by atoms with Crippen molar-refractivity contribution >= 4 is 43.6 Å². The van der Waals surface area contributed by atoms with Gasteiger partial charge in [0.05, 0.1) is 44.8 Å². The molecular formula is C106H147N13. The maximum Gasteiger partial charge on any atom is 0.125 e. The summed E-state index contributed by atoms with van der Waals surface area (Å²) in [6, 6.07) is 0. The van der Waals surface area contributed by atoms with Crippen molar-refractivity contribution in [1.82, 2.24) is 64.8 Å². The lowest BCUT2D eigenvalue weighted by molar-refractivity contribution is 0.948. The SMILES string of the molecule is Cc1nc(C)c(C)c(C)c1C.Cc1nc(C)c(C)c(C)n1.Cc1nc(C)c(C)c(C)n1.Cc1nc(C)c(C)c(C)n1.Cc1nc(C)c(C)nc1C.Cc1nc2c(C)c(C)c(C)c(C)c2c(C)c1C.Cc1nc2c(C)c(C)c(C)c(C)c2c(C)c1C.Cc1nc2c(C)c(C)c(C)c(C)c2c(C)c1C.Cc1nc2c(C)c(C)c(C)c(C)c2c(C)c1C. The van der Waals surface area contributed by atoms with Gasteiger partial charge in [0, 0.05) is 89.9 Å². The van der Waals surface area contributed by atoms with Gasteiger partial charge in [0.1, 0.15) is 17.5 Å². The van der Waals surface area contributed by atoms with Crippen molar-refractivity contribution in [2.75, 3.05) is 0 Å². The maximum atomic E-state index is 4.80. The molecule has 9 heterocycles. The Labute approximate surface area is 718 Å². The Morgan fingerprint density at radius 3 is 0.361 bits per heavy atom. The van der Waals surface area contributed by atoms with E-state index in [0.29, 0.717) is 0 Å². The van der Waals surface area contributed by atoms with Gasteiger partial charge in [-0.05, 0) is 506 Å². The summed E-state index contributed by atoms with van der Waals surface area (Å²) in [6.07, 6.45) is 0. The molecule has 4 aromatic carbocycles. The molecule has 0 spiro atoms. The molecule has 13 heteroatoms. The van der Waals surface area contributed by atoms with Crippen LogP contribution in [0.5, 0.6) is 0 Å². The van der Waals surface area contributed by atoms with Crippen molar-refractivity contribution < 1.29 is 0 Å². The zero-order valence-electron chi connectivity index (χ0n) is 83.3. The third-order valence-corrected chi connectivity index (χ3v) is 27.2. The van der Waals surface area contributed by atoms with Crippen molar-refractivity contribution in [3.8, 4) is 0 Å². The number of hydrogen-bond acceptors (Lipinski definition) is 13. The second-order valence-corrected chi connectivity index (χ2v) is 34.1. The van der Waals surface area contributed by atoms with Gasteiger partial charge in [0.25, 0.3) is 0 Å². The largest absolute Gasteiger partial charge is 0.258 e. The number of aryl methyl sites for hydroxylation is 31. The minimum Gasteiger partial charge on any atom is -0.258 e. The second kappa shape index (κ2) is 40.8. The summed E-state index contributed by atoms with van der Waals surface area (Å²) in [7, 11) is 0. The summed E-state index contributed by atoms with van der Waals surface area (Å²) in [4.78, 5) is 57.6. The number of benzene rings is 4. The molecule has 0 amide bonds. The van der Waals surface area contributed by atoms with Crippen LogP contribution in [0.3, 0.4) is 0 Å². The predicted molar refractivity (Wildman–Crippen MR) is 511 cm³/mol. The van der Waals surface area contributed by atoms with Crippen LogP contribution in [0.15, 0.2) is 0 Å². The number of nitrogens with zero attached hydrogens (tertiary/aromatic N) is 13. The number of hydrogen-bond donors (Lipinski definition) is 0. The van der Waals surface area contributed by atoms with Crippen molar-refractivity contribution in [3.63, 3.8) is 0 Å². The number of aromatic nitrogens is 13. The number of rotatable bonds is 0. The summed E-state index contributed by atoms with van der Waals surface area (Å²) >= 11 is 0. The highest BCUT2D eigenvalue weighted by Gasteiger charge is 2.20. The molecule has 0 radical (unpaired) electrons. The van der Waals surface area contributed by atoms with Crippen LogP contribution in [-0.2, 0) is 0 Å². The Morgan fingerprint density at radius 1 is 0.0840 bits per heavy atom. The van der Waals surface area contributed by atoms with E-state index in [0.717, 1.165) is 109 Å². The Morgan fingerprint density at radius 2 is 0.193 bits per heavy atom. The highest BCUT2D eigenvalue weighted by Crippen LogP contribution is 2.37. The van der Waals surface area contributed by atoms with E-state index in [1.165, 1.54) is 211 Å². The number of pyridine rings is 5. The van der Waals surface area contributed by atoms with Crippen LogP contribution in [0.25, 0.3) is 43.6 Å². The van der Waals surface area contributed by atoms with Gasteiger partial charge in [-0.1, -0.05) is 0 Å². The van der Waals surface area contributed by atoms with Crippen LogP contribution in [0.2, 0.25) is 0 Å². The Bertz CT molecular complexity index is 5300. The van der Waals surface area contributed by atoms with Crippen LogP contribution < -0.4 is 0 Å². The summed E-state index contributed by atoms with van der Waals surface area (Å²) in [5.41, 5.74) is 62.8. The summed E-state index contributed by atoms with van der Waals surface area (Å²) in [6.45, 7) is 104. The molecule has 636 valence electrons. The average Bonchev–Trinajstić information content (AvgIpc) is 0.770. The predicted octanol–water partition coefficient (Wildman–Crippen LogP) is 27.0. The van der Waals surface area contributed by atoms with E-state index in [-0.39, 0.29) is 0 Å². The summed E-state index contributed by atoms with van der Waals surface area (Å²) < 4.78 is 0. The van der Waals surface area contributed by atoms with Crippen LogP contribution in [-0.4, -0.2) is 64.8 Å². The van der Waals surface area contributed by atoms with Gasteiger partial charge in [-0.15, -0.1) is 0 Å². The first kappa shape index (κ1) is 99.6. The van der Waals surface area contributed by atoms with E-state index < -0.39 is 0 Å². The van der Waals surface area contributed by atoms with Crippen LogP contribution >= 0.6 is 0 Å². The summed E-state index contributed by atoms with van der Waals surface area (Å²) in [5.74, 6) is 2.59. The first-order valence-corrected chi connectivity index (χ1v) is 42.3. The maximum absolute atomic E-state index is 4.80. The molecular weight excluding hydrogens is 1460 g/mol. The molecule has 13 rings (SSSR count). The molecule has 0 fully saturated rings. The van der Waals surface area contributed by atoms with Crippen LogP contribution in [0.1, 0.15) is 275 Å². The van der Waals surface area contributed by atoms with Crippen LogP contribution in [0.4, 0.5) is 0 Å². The fourth-order valence-corrected chi connectivity index (χ4v) is 15.3. The molecule has 0 aliphatic heterocycles. The van der Waals surface area contributed by atoms with Gasteiger partial charge < -0.3 is 0 Å². The molecule has 0 aliphatic rings. The Balaban J connectivity index is 0.000000241. The quantitative estimate of drug-likeness (QED) is 0.141. The Kier molecular flexibility index (Phi) is 34.2. The lowest BCUT2D eigenvalue weighted by Gasteiger charge is -2.17. The first-order valence-electron chi connectivity index (χ1n) is 42.3. The molecule has 9 aromatic heterocycles. The van der Waals surface area contributed by atoms with E-state index in [2.05, 4.69) is 273 Å². The zero-order valence-corrected chi connectivity index (χ0v) is 83.3. The van der Waals surface area contributed by atoms with Crippen molar-refractivity contribution in [3.05, 3.63) is 275 Å². The lowest BCUT2D eigenvalue weighted by Crippen LogP contribution is -2.01. The molecule has 13 nitrogen and oxygen atoms in total. The second-order valence-electron chi connectivity index (χ2n) is 34.1. The normalized spacial score (nSPS) is 10.7. The summed E-state index contributed by atoms with van der Waals surface area (Å²) in [5, 5.41) is 5.42. The van der Waals surface area contributed by atoms with Crippen LogP contribution in [0, 0.1) is 339 Å². The first-order chi connectivity index (χ1) is 54.9. The van der Waals surface area contributed by atoms with Gasteiger partial charge in [0.2, 0.25) is 0 Å². The van der Waals surface area contributed by atoms with E-state index >= 15 is 0 Å². The smallest absolute Gasteiger partial charge is 0.125 e. The van der Waals surface area contributed by atoms with E-state index in [1.54, 1.807) is 0 Å². The third-order valence-electron chi connectivity index (χ3n) is 27.2. The fraction of sp³-hybridized carbons (Fsp3) is 0.462. The van der Waals surface area contributed by atoms with E-state index in [9.17, 15) is 0 Å². The topological polar surface area (TPSA) is 168 Å². The minimum absolute atomic E-state index is 0.862. The lowest BCUT2D eigenvalue weighted by atomic mass is 9.90. The highest BCUT2D eigenvalue weighted by molar-refractivity contribution is 5.94. The standard InChI is InChI=1S/4C16H21N.C10H15N.4C8H12N2/c4*1-8-9(2)13(6)16-15(11(8)4)12(5)10(3)14(7)17-16;1-6-7(2)9(4)11-10(5)8(6)3;1-5-6(2)10-8(4)7(3)9-5;3*1-5-6(2)9-8(4)10-7(5)3/h4*1-7H3;1-5H3;4*1-4H3. The average molecular weight is 1600 g/mol. The molecule has 0 aliphatic carbocycles. The van der Waals surface area contributed by atoms with Gasteiger partial charge in [-0.3, -0.25) is 34.9 Å². The molecule has 0 saturated carbocycles. The molecule has 13 aromatic rings. The van der Waals surface area contributed by atoms with Crippen molar-refractivity contribution in [2.24, 2.45) is 0 Å². The van der Waals surface area contributed by atoms with Gasteiger partial charge in [-0.25, -0.2) is 29.9 Å².